The molecule has 1 rings (SSSR count). The Bertz CT molecular complexity index is 471. The van der Waals surface area contributed by atoms with Gasteiger partial charge in [0.05, 0.1) is 0 Å². The zero-order chi connectivity index (χ0) is 16.3. The summed E-state index contributed by atoms with van der Waals surface area (Å²) in [7, 11) is -8.04. The van der Waals surface area contributed by atoms with Crippen molar-refractivity contribution in [1.82, 2.24) is 4.67 Å². The van der Waals surface area contributed by atoms with Crippen LogP contribution in [0.1, 0.15) is 46.0 Å². The fourth-order valence-corrected chi connectivity index (χ4v) is 8.59. The van der Waals surface area contributed by atoms with Crippen LogP contribution in [0.25, 0.3) is 0 Å². The molecule has 1 saturated heterocycles. The molecule has 124 valence electrons. The number of rotatable bonds is 7. The average Bonchev–Trinajstić information content (AvgIpc) is 2.37. The van der Waals surface area contributed by atoms with Gasteiger partial charge in [0.2, 0.25) is 13.3 Å². The summed E-state index contributed by atoms with van der Waals surface area (Å²) in [5.74, 6) is -0.406. The predicted molar refractivity (Wildman–Crippen MR) is 82.4 cm³/mol. The second-order valence-corrected chi connectivity index (χ2v) is 11.1. The smallest absolute Gasteiger partial charge is 0.308 e. The van der Waals surface area contributed by atoms with E-state index in [0.717, 1.165) is 11.1 Å². The van der Waals surface area contributed by atoms with Gasteiger partial charge in [-0.15, -0.1) is 0 Å². The molecular weight excluding hydrogens is 314 g/mol. The van der Waals surface area contributed by atoms with Crippen LogP contribution in [0.5, 0.6) is 0 Å². The topological polar surface area (TPSA) is 121 Å². The second-order valence-electron chi connectivity index (χ2n) is 5.58. The molecule has 0 bridgehead atoms. The molecule has 0 aliphatic carbocycles. The molecule has 7 nitrogen and oxygen atoms in total. The molecule has 0 saturated carbocycles. The van der Waals surface area contributed by atoms with E-state index in [2.05, 4.69) is 0 Å². The summed E-state index contributed by atoms with van der Waals surface area (Å²) in [5.41, 5.74) is 4.77. The first-order chi connectivity index (χ1) is 9.69. The highest BCUT2D eigenvalue weighted by Crippen LogP contribution is 2.71. The lowest BCUT2D eigenvalue weighted by Gasteiger charge is -2.40. The first kappa shape index (κ1) is 18.9. The summed E-state index contributed by atoms with van der Waals surface area (Å²) in [5, 5.41) is -1.25. The standard InChI is InChI=1S/C12H26N2O5P2/c1-3-4-9-14-11(15)5-6-12(21(14,18)19)20(16,17)10(2)7-8-13/h10,12H,3-9,13H2,1-2H3,(H,16,17)(H,18,19). The fourth-order valence-electron chi connectivity index (χ4n) is 2.57. The molecule has 1 fully saturated rings. The van der Waals surface area contributed by atoms with E-state index >= 15 is 0 Å². The van der Waals surface area contributed by atoms with Gasteiger partial charge in [-0.25, -0.2) is 0 Å². The maximum atomic E-state index is 12.7. The molecular formula is C12H26N2O5P2. The minimum Gasteiger partial charge on any atom is -0.343 e. The van der Waals surface area contributed by atoms with Crippen LogP contribution in [0, 0.1) is 0 Å². The van der Waals surface area contributed by atoms with Crippen molar-refractivity contribution in [2.24, 2.45) is 5.73 Å². The number of carbonyl (C=O) groups excluding carboxylic acids is 1. The Morgan fingerprint density at radius 1 is 1.57 bits per heavy atom. The molecule has 1 amide bonds. The van der Waals surface area contributed by atoms with Crippen molar-refractivity contribution >= 4 is 20.8 Å². The van der Waals surface area contributed by atoms with Crippen LogP contribution in [0.3, 0.4) is 0 Å². The van der Waals surface area contributed by atoms with Gasteiger partial charge in [-0.2, -0.15) is 0 Å². The number of carbonyl (C=O) groups is 1. The summed E-state index contributed by atoms with van der Waals surface area (Å²) in [6.07, 6.45) is 1.70. The Morgan fingerprint density at radius 3 is 2.71 bits per heavy atom. The van der Waals surface area contributed by atoms with Gasteiger partial charge in [-0.3, -0.25) is 18.6 Å². The first-order valence-corrected chi connectivity index (χ1v) is 10.8. The summed E-state index contributed by atoms with van der Waals surface area (Å²) >= 11 is 0. The number of amides is 1. The molecule has 0 aromatic carbocycles. The van der Waals surface area contributed by atoms with Gasteiger partial charge in [-0.1, -0.05) is 20.3 Å². The van der Waals surface area contributed by atoms with E-state index in [-0.39, 0.29) is 25.9 Å². The van der Waals surface area contributed by atoms with Gasteiger partial charge in [0.15, 0.2) is 0 Å². The summed E-state index contributed by atoms with van der Waals surface area (Å²) in [4.78, 5) is 32.6. The lowest BCUT2D eigenvalue weighted by atomic mass is 10.3. The monoisotopic (exact) mass is 340 g/mol. The third kappa shape index (κ3) is 3.96. The molecule has 4 unspecified atom stereocenters. The van der Waals surface area contributed by atoms with Crippen LogP contribution in [-0.2, 0) is 13.9 Å². The van der Waals surface area contributed by atoms with E-state index < -0.39 is 31.9 Å². The SMILES string of the molecule is CCCCN1C(=O)CCC(P(=O)(O)C(C)CCN)P1(=O)O. The number of unbranched alkanes of at least 4 members (excludes halogenated alkanes) is 1. The number of hydrogen-bond donors (Lipinski definition) is 3. The van der Waals surface area contributed by atoms with Crippen LogP contribution in [0.2, 0.25) is 0 Å². The van der Waals surface area contributed by atoms with Crippen molar-refractivity contribution in [1.29, 1.82) is 0 Å². The van der Waals surface area contributed by atoms with E-state index in [0.29, 0.717) is 12.8 Å². The molecule has 0 spiro atoms. The van der Waals surface area contributed by atoms with Gasteiger partial charge in [0.25, 0.3) is 0 Å². The third-order valence-corrected chi connectivity index (χ3v) is 10.7. The van der Waals surface area contributed by atoms with Crippen molar-refractivity contribution in [3.05, 3.63) is 0 Å². The first-order valence-electron chi connectivity index (χ1n) is 7.35. The quantitative estimate of drug-likeness (QED) is 0.609. The predicted octanol–water partition coefficient (Wildman–Crippen LogP) is 1.93. The van der Waals surface area contributed by atoms with E-state index in [1.807, 2.05) is 6.92 Å². The van der Waals surface area contributed by atoms with Gasteiger partial charge in [0, 0.05) is 18.6 Å². The summed E-state index contributed by atoms with van der Waals surface area (Å²) < 4.78 is 26.2. The molecule has 1 aliphatic rings. The Kier molecular flexibility index (Phi) is 6.63. The number of nitrogens with two attached hydrogens (primary N) is 1. The Hall–Kier alpha value is -0.190. The molecule has 4 N–H and O–H groups in total. The van der Waals surface area contributed by atoms with E-state index in [4.69, 9.17) is 5.73 Å². The Labute approximate surface area is 125 Å². The average molecular weight is 340 g/mol. The normalized spacial score (nSPS) is 31.0. The number of nitrogens with zero attached hydrogens (tertiary/aromatic N) is 1. The Balaban J connectivity index is 3.05. The highest BCUT2D eigenvalue weighted by Gasteiger charge is 2.53. The maximum Gasteiger partial charge on any atom is 0.308 e. The minimum atomic E-state index is -4.16. The third-order valence-electron chi connectivity index (χ3n) is 4.00. The van der Waals surface area contributed by atoms with Crippen molar-refractivity contribution in [3.8, 4) is 0 Å². The zero-order valence-corrected chi connectivity index (χ0v) is 14.4. The largest absolute Gasteiger partial charge is 0.343 e. The highest BCUT2D eigenvalue weighted by molar-refractivity contribution is 7.76. The molecule has 9 heteroatoms. The van der Waals surface area contributed by atoms with Crippen LogP contribution >= 0.6 is 14.9 Å². The lowest BCUT2D eigenvalue weighted by molar-refractivity contribution is -0.127. The van der Waals surface area contributed by atoms with Crippen LogP contribution in [-0.4, -0.2) is 44.5 Å². The van der Waals surface area contributed by atoms with Gasteiger partial charge in [0.1, 0.15) is 5.40 Å². The van der Waals surface area contributed by atoms with E-state index in [9.17, 15) is 23.7 Å². The summed E-state index contributed by atoms with van der Waals surface area (Å²) in [6.45, 7) is 3.88. The molecule has 1 aliphatic heterocycles. The summed E-state index contributed by atoms with van der Waals surface area (Å²) in [6, 6.07) is 0. The minimum absolute atomic E-state index is 0.0159. The molecule has 4 atom stereocenters. The maximum absolute atomic E-state index is 12.7. The van der Waals surface area contributed by atoms with Crippen molar-refractivity contribution in [3.63, 3.8) is 0 Å². The van der Waals surface area contributed by atoms with E-state index in [1.54, 1.807) is 6.92 Å². The van der Waals surface area contributed by atoms with Crippen molar-refractivity contribution < 1.29 is 23.7 Å². The highest BCUT2D eigenvalue weighted by atomic mass is 31.2. The Morgan fingerprint density at radius 2 is 2.19 bits per heavy atom. The fraction of sp³-hybridized carbons (Fsp3) is 0.917. The lowest BCUT2D eigenvalue weighted by Crippen LogP contribution is -2.38. The van der Waals surface area contributed by atoms with Crippen molar-refractivity contribution in [2.45, 2.75) is 57.0 Å². The van der Waals surface area contributed by atoms with Gasteiger partial charge >= 0.3 is 7.52 Å². The van der Waals surface area contributed by atoms with Crippen molar-refractivity contribution in [2.75, 3.05) is 13.1 Å². The molecule has 21 heavy (non-hydrogen) atoms. The molecule has 0 radical (unpaired) electrons. The van der Waals surface area contributed by atoms with Crippen LogP contribution in [0.4, 0.5) is 0 Å². The molecule has 1 heterocycles. The number of hydrogen-bond acceptors (Lipinski definition) is 4. The van der Waals surface area contributed by atoms with Gasteiger partial charge < -0.3 is 15.5 Å². The van der Waals surface area contributed by atoms with E-state index in [1.165, 1.54) is 0 Å². The zero-order valence-electron chi connectivity index (χ0n) is 12.6. The van der Waals surface area contributed by atoms with Crippen LogP contribution < -0.4 is 5.73 Å². The van der Waals surface area contributed by atoms with Crippen LogP contribution in [0.15, 0.2) is 0 Å². The second kappa shape index (κ2) is 7.38. The molecule has 0 aromatic rings. The molecule has 0 aromatic heterocycles. The van der Waals surface area contributed by atoms with Gasteiger partial charge in [-0.05, 0) is 25.8 Å².